The van der Waals surface area contributed by atoms with E-state index in [1.807, 2.05) is 0 Å². The molecule has 5 heteroatoms. The molecule has 1 aromatic heterocycles. The van der Waals surface area contributed by atoms with E-state index in [4.69, 9.17) is 11.0 Å². The van der Waals surface area contributed by atoms with Crippen LogP contribution in [0.1, 0.15) is 12.8 Å². The summed E-state index contributed by atoms with van der Waals surface area (Å²) in [4.78, 5) is 4.08. The molecular formula is C10H11BrN4. The molecule has 4 nitrogen and oxygen atoms in total. The average Bonchev–Trinajstić information content (AvgIpc) is 2.97. The van der Waals surface area contributed by atoms with Crippen molar-refractivity contribution in [2.24, 2.45) is 5.41 Å². The van der Waals surface area contributed by atoms with E-state index >= 15 is 0 Å². The Bertz CT molecular complexity index is 420. The Balaban J connectivity index is 2.03. The van der Waals surface area contributed by atoms with Crippen LogP contribution in [0.5, 0.6) is 0 Å². The van der Waals surface area contributed by atoms with Crippen LogP contribution >= 0.6 is 15.9 Å². The lowest BCUT2D eigenvalue weighted by Gasteiger charge is -2.11. The molecule has 0 spiro atoms. The number of nitrogens with one attached hydrogen (secondary N) is 1. The van der Waals surface area contributed by atoms with Gasteiger partial charge in [-0.25, -0.2) is 4.98 Å². The van der Waals surface area contributed by atoms with Gasteiger partial charge in [0.2, 0.25) is 0 Å². The lowest BCUT2D eigenvalue weighted by Crippen LogP contribution is -2.14. The summed E-state index contributed by atoms with van der Waals surface area (Å²) in [6.45, 7) is 0.650. The molecule has 0 saturated heterocycles. The number of hydrogen-bond acceptors (Lipinski definition) is 4. The van der Waals surface area contributed by atoms with E-state index in [1.54, 1.807) is 12.3 Å². The van der Waals surface area contributed by atoms with Crippen molar-refractivity contribution in [2.45, 2.75) is 12.8 Å². The van der Waals surface area contributed by atoms with Gasteiger partial charge in [-0.1, -0.05) is 0 Å². The first-order chi connectivity index (χ1) is 7.15. The molecule has 0 amide bonds. The molecule has 0 bridgehead atoms. The Labute approximate surface area is 96.6 Å². The largest absolute Gasteiger partial charge is 0.397 e. The summed E-state index contributed by atoms with van der Waals surface area (Å²) in [5, 5.41) is 12.1. The quantitative estimate of drug-likeness (QED) is 0.823. The molecule has 1 fully saturated rings. The summed E-state index contributed by atoms with van der Waals surface area (Å²) in [5.41, 5.74) is 7.07. The summed E-state index contributed by atoms with van der Waals surface area (Å²) < 4.78 is 0.715. The molecule has 0 radical (unpaired) electrons. The zero-order chi connectivity index (χ0) is 10.9. The number of nitriles is 1. The van der Waals surface area contributed by atoms with Crippen LogP contribution in [0.3, 0.4) is 0 Å². The van der Waals surface area contributed by atoms with E-state index in [0.29, 0.717) is 16.8 Å². The molecule has 15 heavy (non-hydrogen) atoms. The number of hydrogen-bond donors (Lipinski definition) is 2. The van der Waals surface area contributed by atoms with Crippen molar-refractivity contribution < 1.29 is 0 Å². The zero-order valence-electron chi connectivity index (χ0n) is 8.13. The van der Waals surface area contributed by atoms with Crippen LogP contribution in [0.4, 0.5) is 11.4 Å². The van der Waals surface area contributed by atoms with Crippen LogP contribution in [0.2, 0.25) is 0 Å². The Morgan fingerprint density at radius 3 is 2.93 bits per heavy atom. The number of rotatable bonds is 3. The molecule has 1 saturated carbocycles. The van der Waals surface area contributed by atoms with Crippen molar-refractivity contribution in [1.29, 1.82) is 5.26 Å². The van der Waals surface area contributed by atoms with E-state index in [1.165, 1.54) is 0 Å². The fourth-order valence-corrected chi connectivity index (χ4v) is 1.68. The monoisotopic (exact) mass is 266 g/mol. The van der Waals surface area contributed by atoms with Crippen LogP contribution in [0, 0.1) is 16.7 Å². The van der Waals surface area contributed by atoms with Gasteiger partial charge in [0.25, 0.3) is 0 Å². The van der Waals surface area contributed by atoms with E-state index in [2.05, 4.69) is 32.3 Å². The van der Waals surface area contributed by atoms with Crippen molar-refractivity contribution in [3.63, 3.8) is 0 Å². The lowest BCUT2D eigenvalue weighted by molar-refractivity contribution is 0.711. The Morgan fingerprint density at radius 1 is 1.67 bits per heavy atom. The van der Waals surface area contributed by atoms with Gasteiger partial charge in [0.1, 0.15) is 4.60 Å². The first kappa shape index (κ1) is 10.2. The normalized spacial score (nSPS) is 16.8. The van der Waals surface area contributed by atoms with Gasteiger partial charge < -0.3 is 11.1 Å². The Hall–Kier alpha value is -1.28. The van der Waals surface area contributed by atoms with E-state index in [-0.39, 0.29) is 5.41 Å². The highest BCUT2D eigenvalue weighted by atomic mass is 79.9. The number of nitrogen functional groups attached to an aromatic ring is 1. The average molecular weight is 267 g/mol. The van der Waals surface area contributed by atoms with Gasteiger partial charge in [-0.15, -0.1) is 0 Å². The van der Waals surface area contributed by atoms with Gasteiger partial charge in [0.15, 0.2) is 0 Å². The molecule has 0 aliphatic heterocycles. The third kappa shape index (κ3) is 2.21. The van der Waals surface area contributed by atoms with E-state index in [0.717, 1.165) is 18.5 Å². The molecule has 1 aromatic rings. The summed E-state index contributed by atoms with van der Waals surface area (Å²) in [6.07, 6.45) is 3.62. The molecule has 2 rings (SSSR count). The van der Waals surface area contributed by atoms with Crippen molar-refractivity contribution in [3.05, 3.63) is 16.9 Å². The van der Waals surface area contributed by atoms with Crippen LogP contribution in [-0.2, 0) is 0 Å². The lowest BCUT2D eigenvalue weighted by atomic mass is 10.1. The van der Waals surface area contributed by atoms with Gasteiger partial charge in [0, 0.05) is 6.54 Å². The van der Waals surface area contributed by atoms with Gasteiger partial charge >= 0.3 is 0 Å². The fraction of sp³-hybridized carbons (Fsp3) is 0.400. The highest BCUT2D eigenvalue weighted by Gasteiger charge is 2.42. The van der Waals surface area contributed by atoms with Gasteiger partial charge in [0.05, 0.1) is 29.1 Å². The highest BCUT2D eigenvalue weighted by Crippen LogP contribution is 2.44. The highest BCUT2D eigenvalue weighted by molar-refractivity contribution is 9.10. The SMILES string of the molecule is N#CC1(CNc2cnc(Br)cc2N)CC1. The molecule has 3 N–H and O–H groups in total. The van der Waals surface area contributed by atoms with E-state index in [9.17, 15) is 0 Å². The van der Waals surface area contributed by atoms with E-state index < -0.39 is 0 Å². The third-order valence-electron chi connectivity index (χ3n) is 2.61. The minimum absolute atomic E-state index is 0.167. The third-order valence-corrected chi connectivity index (χ3v) is 3.04. The van der Waals surface area contributed by atoms with Crippen molar-refractivity contribution in [2.75, 3.05) is 17.6 Å². The molecule has 1 aliphatic carbocycles. The fourth-order valence-electron chi connectivity index (χ4n) is 1.34. The van der Waals surface area contributed by atoms with Gasteiger partial charge in [-0.05, 0) is 34.8 Å². The Morgan fingerprint density at radius 2 is 2.40 bits per heavy atom. The first-order valence-electron chi connectivity index (χ1n) is 4.71. The van der Waals surface area contributed by atoms with Gasteiger partial charge in [-0.3, -0.25) is 0 Å². The maximum Gasteiger partial charge on any atom is 0.108 e. The molecule has 78 valence electrons. The molecule has 0 atom stereocenters. The van der Waals surface area contributed by atoms with Crippen LogP contribution in [-0.4, -0.2) is 11.5 Å². The Kier molecular flexibility index (Phi) is 2.53. The molecule has 1 heterocycles. The predicted octanol–water partition coefficient (Wildman–Crippen LogP) is 2.14. The second-order valence-corrected chi connectivity index (χ2v) is 4.65. The first-order valence-corrected chi connectivity index (χ1v) is 5.51. The standard InChI is InChI=1S/C10H11BrN4/c11-9-3-7(13)8(4-14-9)15-6-10(5-12)1-2-10/h3-4,15H,1-2,6H2,(H2,13,14). The molecule has 0 unspecified atom stereocenters. The topological polar surface area (TPSA) is 74.7 Å². The van der Waals surface area contributed by atoms with Crippen LogP contribution < -0.4 is 11.1 Å². The van der Waals surface area contributed by atoms with Gasteiger partial charge in [-0.2, -0.15) is 5.26 Å². The molecular weight excluding hydrogens is 256 g/mol. The molecule has 0 aromatic carbocycles. The number of pyridine rings is 1. The summed E-state index contributed by atoms with van der Waals surface area (Å²) in [6, 6.07) is 4.06. The zero-order valence-corrected chi connectivity index (χ0v) is 9.71. The van der Waals surface area contributed by atoms with Crippen molar-refractivity contribution in [1.82, 2.24) is 4.98 Å². The second kappa shape index (κ2) is 3.70. The minimum Gasteiger partial charge on any atom is -0.397 e. The smallest absolute Gasteiger partial charge is 0.108 e. The van der Waals surface area contributed by atoms with Crippen molar-refractivity contribution >= 4 is 27.3 Å². The number of halogens is 1. The van der Waals surface area contributed by atoms with Crippen molar-refractivity contribution in [3.8, 4) is 6.07 Å². The maximum absolute atomic E-state index is 8.90. The number of nitrogens with two attached hydrogens (primary N) is 1. The minimum atomic E-state index is -0.167. The summed E-state index contributed by atoms with van der Waals surface area (Å²) in [7, 11) is 0. The summed E-state index contributed by atoms with van der Waals surface area (Å²) in [5.74, 6) is 0. The number of anilines is 2. The van der Waals surface area contributed by atoms with Crippen LogP contribution in [0.25, 0.3) is 0 Å². The predicted molar refractivity (Wildman–Crippen MR) is 62.1 cm³/mol. The summed E-state index contributed by atoms with van der Waals surface area (Å²) >= 11 is 3.24. The number of nitrogens with zero attached hydrogens (tertiary/aromatic N) is 2. The number of aromatic nitrogens is 1. The second-order valence-electron chi connectivity index (χ2n) is 3.84. The molecule has 1 aliphatic rings. The van der Waals surface area contributed by atoms with Crippen LogP contribution in [0.15, 0.2) is 16.9 Å². The maximum atomic E-state index is 8.90.